The van der Waals surface area contributed by atoms with Crippen LogP contribution in [0.3, 0.4) is 0 Å². The molecule has 6 nitrogen and oxygen atoms in total. The molecule has 0 bridgehead atoms. The summed E-state index contributed by atoms with van der Waals surface area (Å²) in [5, 5.41) is 5.02. The zero-order chi connectivity index (χ0) is 18.8. The number of nitrogens with zero attached hydrogens (tertiary/aromatic N) is 1. The van der Waals surface area contributed by atoms with Gasteiger partial charge in [-0.1, -0.05) is 24.3 Å². The van der Waals surface area contributed by atoms with Gasteiger partial charge in [-0.3, -0.25) is 19.1 Å². The van der Waals surface area contributed by atoms with Crippen molar-refractivity contribution in [3.05, 3.63) is 90.4 Å². The topological polar surface area (TPSA) is 84.0 Å². The summed E-state index contributed by atoms with van der Waals surface area (Å²) in [6, 6.07) is 11.3. The van der Waals surface area contributed by atoms with E-state index in [9.17, 15) is 14.4 Å². The highest BCUT2D eigenvalue weighted by atomic mass is 32.1. The molecule has 3 aromatic rings. The van der Waals surface area contributed by atoms with Gasteiger partial charge >= 0.3 is 5.69 Å². The van der Waals surface area contributed by atoms with E-state index in [2.05, 4.69) is 28.5 Å². The molecule has 0 saturated carbocycles. The number of carbonyl (C=O) groups excluding carboxylic acids is 1. The molecular formula is C20H19N3O3S. The van der Waals surface area contributed by atoms with E-state index in [0.29, 0.717) is 0 Å². The Bertz CT molecular complexity index is 1080. The first-order chi connectivity index (χ1) is 13.1. The van der Waals surface area contributed by atoms with Gasteiger partial charge < -0.3 is 5.32 Å². The van der Waals surface area contributed by atoms with Gasteiger partial charge in [-0.05, 0) is 47.4 Å². The molecule has 0 saturated heterocycles. The number of rotatable bonds is 5. The van der Waals surface area contributed by atoms with E-state index in [1.165, 1.54) is 34.4 Å². The van der Waals surface area contributed by atoms with Crippen LogP contribution in [-0.4, -0.2) is 15.5 Å². The van der Waals surface area contributed by atoms with Crippen molar-refractivity contribution >= 4 is 17.2 Å². The Morgan fingerprint density at radius 3 is 2.81 bits per heavy atom. The lowest BCUT2D eigenvalue weighted by Gasteiger charge is -2.19. The smallest absolute Gasteiger partial charge is 0.328 e. The van der Waals surface area contributed by atoms with Crippen molar-refractivity contribution in [2.24, 2.45) is 0 Å². The Kier molecular flexibility index (Phi) is 4.77. The van der Waals surface area contributed by atoms with Crippen molar-refractivity contribution in [2.75, 3.05) is 0 Å². The number of fused-ring (bicyclic) bond motifs is 1. The van der Waals surface area contributed by atoms with Crippen LogP contribution < -0.4 is 16.6 Å². The maximum absolute atomic E-state index is 12.6. The number of hydrogen-bond donors (Lipinski definition) is 2. The average Bonchev–Trinajstić information content (AvgIpc) is 3.33. The van der Waals surface area contributed by atoms with Gasteiger partial charge in [0.1, 0.15) is 6.54 Å². The number of hydrogen-bond acceptors (Lipinski definition) is 4. The number of nitrogens with one attached hydrogen (secondary N) is 2. The van der Waals surface area contributed by atoms with Crippen molar-refractivity contribution in [1.29, 1.82) is 0 Å². The standard InChI is InChI=1S/C20H19N3O3S/c24-17-8-9-23(20(26)22-17)12-18(25)21-19(16-5-2-10-27-16)15-7-6-13-3-1-4-14(13)11-15/h2,5-11,19H,1,3-4,12H2,(H,21,25)(H,22,24,26)/t19-/m0/s1. The number of amides is 1. The second kappa shape index (κ2) is 7.36. The minimum absolute atomic E-state index is 0.150. The second-order valence-corrected chi connectivity index (χ2v) is 7.61. The van der Waals surface area contributed by atoms with Crippen molar-refractivity contribution in [3.8, 4) is 0 Å². The molecule has 2 N–H and O–H groups in total. The summed E-state index contributed by atoms with van der Waals surface area (Å²) in [5.74, 6) is -0.289. The highest BCUT2D eigenvalue weighted by molar-refractivity contribution is 7.10. The van der Waals surface area contributed by atoms with E-state index < -0.39 is 11.2 Å². The summed E-state index contributed by atoms with van der Waals surface area (Å²) in [4.78, 5) is 38.8. The average molecular weight is 381 g/mol. The molecule has 1 aromatic carbocycles. The minimum atomic E-state index is -0.595. The third-order valence-electron chi connectivity index (χ3n) is 4.80. The fourth-order valence-corrected chi connectivity index (χ4v) is 4.28. The van der Waals surface area contributed by atoms with Crippen LogP contribution in [0.15, 0.2) is 57.6 Å². The molecule has 1 aliphatic carbocycles. The van der Waals surface area contributed by atoms with Gasteiger partial charge in [0.05, 0.1) is 6.04 Å². The SMILES string of the molecule is O=C(Cn1ccc(=O)[nH]c1=O)N[C@@H](c1ccc2c(c1)CCC2)c1cccs1. The van der Waals surface area contributed by atoms with Crippen LogP contribution in [0, 0.1) is 0 Å². The number of H-pyrrole nitrogens is 1. The number of carbonyl (C=O) groups is 1. The van der Waals surface area contributed by atoms with Crippen molar-refractivity contribution in [1.82, 2.24) is 14.9 Å². The van der Waals surface area contributed by atoms with Gasteiger partial charge in [-0.15, -0.1) is 11.3 Å². The van der Waals surface area contributed by atoms with Gasteiger partial charge in [0.25, 0.3) is 5.56 Å². The fraction of sp³-hybridized carbons (Fsp3) is 0.250. The lowest BCUT2D eigenvalue weighted by molar-refractivity contribution is -0.122. The van der Waals surface area contributed by atoms with Crippen molar-refractivity contribution in [2.45, 2.75) is 31.8 Å². The van der Waals surface area contributed by atoms with Crippen LogP contribution in [0.25, 0.3) is 0 Å². The van der Waals surface area contributed by atoms with E-state index in [1.807, 2.05) is 17.5 Å². The van der Waals surface area contributed by atoms with Crippen molar-refractivity contribution in [3.63, 3.8) is 0 Å². The Morgan fingerprint density at radius 1 is 1.19 bits per heavy atom. The van der Waals surface area contributed by atoms with Crippen LogP contribution in [-0.2, 0) is 24.2 Å². The molecule has 4 rings (SSSR count). The van der Waals surface area contributed by atoms with E-state index in [-0.39, 0.29) is 18.5 Å². The fourth-order valence-electron chi connectivity index (χ4n) is 3.48. The first-order valence-corrected chi connectivity index (χ1v) is 9.72. The first kappa shape index (κ1) is 17.5. The molecule has 0 spiro atoms. The molecule has 0 unspecified atom stereocenters. The molecule has 1 aliphatic rings. The van der Waals surface area contributed by atoms with Gasteiger partial charge in [0.15, 0.2) is 0 Å². The van der Waals surface area contributed by atoms with Gasteiger partial charge in [-0.2, -0.15) is 0 Å². The first-order valence-electron chi connectivity index (χ1n) is 8.84. The molecule has 2 aromatic heterocycles. The van der Waals surface area contributed by atoms with E-state index in [1.54, 1.807) is 11.3 Å². The zero-order valence-electron chi connectivity index (χ0n) is 14.6. The van der Waals surface area contributed by atoms with Crippen LogP contribution in [0.4, 0.5) is 0 Å². The third-order valence-corrected chi connectivity index (χ3v) is 5.74. The highest BCUT2D eigenvalue weighted by Crippen LogP contribution is 2.30. The molecule has 0 fully saturated rings. The highest BCUT2D eigenvalue weighted by Gasteiger charge is 2.20. The Hall–Kier alpha value is -2.93. The third kappa shape index (κ3) is 3.78. The van der Waals surface area contributed by atoms with E-state index in [0.717, 1.165) is 23.3 Å². The maximum Gasteiger partial charge on any atom is 0.328 e. The summed E-state index contributed by atoms with van der Waals surface area (Å²) < 4.78 is 1.19. The summed E-state index contributed by atoms with van der Waals surface area (Å²) >= 11 is 1.58. The normalized spacial score (nSPS) is 13.9. The van der Waals surface area contributed by atoms with Crippen LogP contribution >= 0.6 is 11.3 Å². The Morgan fingerprint density at radius 2 is 2.04 bits per heavy atom. The summed E-state index contributed by atoms with van der Waals surface area (Å²) in [6.07, 6.45) is 4.68. The van der Waals surface area contributed by atoms with Crippen LogP contribution in [0.2, 0.25) is 0 Å². The number of aromatic nitrogens is 2. The van der Waals surface area contributed by atoms with Gasteiger partial charge in [0.2, 0.25) is 5.91 Å². The summed E-state index contributed by atoms with van der Waals surface area (Å²) in [7, 11) is 0. The number of aryl methyl sites for hydroxylation is 2. The molecule has 138 valence electrons. The maximum atomic E-state index is 12.6. The molecular weight excluding hydrogens is 362 g/mol. The largest absolute Gasteiger partial charge is 0.343 e. The van der Waals surface area contributed by atoms with E-state index >= 15 is 0 Å². The van der Waals surface area contributed by atoms with Crippen molar-refractivity contribution < 1.29 is 4.79 Å². The molecule has 7 heteroatoms. The predicted octanol–water partition coefficient (Wildman–Crippen LogP) is 1.99. The number of benzene rings is 1. The van der Waals surface area contributed by atoms with Crippen LogP contribution in [0.1, 0.15) is 34.0 Å². The minimum Gasteiger partial charge on any atom is -0.343 e. The van der Waals surface area contributed by atoms with Gasteiger partial charge in [0, 0.05) is 17.1 Å². The molecule has 0 radical (unpaired) electrons. The molecule has 0 aliphatic heterocycles. The zero-order valence-corrected chi connectivity index (χ0v) is 15.4. The summed E-state index contributed by atoms with van der Waals surface area (Å²) in [6.45, 7) is -0.150. The van der Waals surface area contributed by atoms with Crippen LogP contribution in [0.5, 0.6) is 0 Å². The van der Waals surface area contributed by atoms with E-state index in [4.69, 9.17) is 0 Å². The predicted molar refractivity (Wildman–Crippen MR) is 104 cm³/mol. The lowest BCUT2D eigenvalue weighted by Crippen LogP contribution is -2.37. The monoisotopic (exact) mass is 381 g/mol. The molecule has 1 atom stereocenters. The quantitative estimate of drug-likeness (QED) is 0.709. The lowest BCUT2D eigenvalue weighted by atomic mass is 10.00. The Labute approximate surface area is 159 Å². The molecule has 2 heterocycles. The second-order valence-electron chi connectivity index (χ2n) is 6.64. The number of thiophene rings is 1. The summed E-state index contributed by atoms with van der Waals surface area (Å²) in [5.41, 5.74) is 2.70. The van der Waals surface area contributed by atoms with Gasteiger partial charge in [-0.25, -0.2) is 4.79 Å². The number of aromatic amines is 1. The molecule has 27 heavy (non-hydrogen) atoms. The Balaban J connectivity index is 1.59. The molecule has 1 amide bonds.